The van der Waals surface area contributed by atoms with Crippen molar-refractivity contribution in [3.8, 4) is 0 Å². The molecule has 17 heavy (non-hydrogen) atoms. The average Bonchev–Trinajstić information content (AvgIpc) is 2.67. The molecule has 2 aromatic rings. The minimum absolute atomic E-state index is 0.137. The predicted molar refractivity (Wildman–Crippen MR) is 69.0 cm³/mol. The highest BCUT2D eigenvalue weighted by Crippen LogP contribution is 2.20. The van der Waals surface area contributed by atoms with Crippen molar-refractivity contribution in [1.29, 1.82) is 0 Å². The molecule has 1 aromatic carbocycles. The summed E-state index contributed by atoms with van der Waals surface area (Å²) in [6.45, 7) is 1.89. The summed E-state index contributed by atoms with van der Waals surface area (Å²) >= 11 is 4.74. The van der Waals surface area contributed by atoms with Gasteiger partial charge in [0.05, 0.1) is 17.1 Å². The van der Waals surface area contributed by atoms with E-state index in [0.29, 0.717) is 10.0 Å². The number of hydrogen-bond donors (Lipinski definition) is 0. The van der Waals surface area contributed by atoms with Gasteiger partial charge < -0.3 is 0 Å². The van der Waals surface area contributed by atoms with Crippen molar-refractivity contribution in [3.63, 3.8) is 0 Å². The minimum atomic E-state index is -0.411. The quantitative estimate of drug-likeness (QED) is 0.807. The van der Waals surface area contributed by atoms with E-state index in [2.05, 4.69) is 20.9 Å². The summed E-state index contributed by atoms with van der Waals surface area (Å²) in [5, 5.41) is 2.77. The predicted octanol–water partition coefficient (Wildman–Crippen LogP) is 3.78. The van der Waals surface area contributed by atoms with E-state index in [4.69, 9.17) is 0 Å². The first-order valence-electron chi connectivity index (χ1n) is 4.95. The average molecular weight is 314 g/mol. The summed E-state index contributed by atoms with van der Waals surface area (Å²) in [6.07, 6.45) is 0.201. The molecule has 1 heterocycles. The molecule has 0 saturated carbocycles. The number of aryl methyl sites for hydroxylation is 1. The lowest BCUT2D eigenvalue weighted by atomic mass is 10.1. The highest BCUT2D eigenvalue weighted by Gasteiger charge is 2.13. The molecule has 2 rings (SSSR count). The number of carbonyl (C=O) groups excluding carboxylic acids is 1. The summed E-state index contributed by atoms with van der Waals surface area (Å²) in [5.41, 5.74) is 1.09. The van der Waals surface area contributed by atoms with Crippen LogP contribution in [0.4, 0.5) is 4.39 Å². The van der Waals surface area contributed by atoms with Crippen molar-refractivity contribution < 1.29 is 9.18 Å². The first-order valence-corrected chi connectivity index (χ1v) is 6.63. The Labute approximate surface area is 111 Å². The van der Waals surface area contributed by atoms with Gasteiger partial charge in [-0.15, -0.1) is 11.3 Å². The number of ketones is 1. The maximum Gasteiger partial charge on any atom is 0.170 e. The van der Waals surface area contributed by atoms with E-state index in [1.54, 1.807) is 0 Å². The van der Waals surface area contributed by atoms with E-state index < -0.39 is 5.82 Å². The molecule has 0 fully saturated rings. The van der Waals surface area contributed by atoms with Crippen LogP contribution in [-0.2, 0) is 6.42 Å². The van der Waals surface area contributed by atoms with Gasteiger partial charge in [-0.05, 0) is 25.1 Å². The Morgan fingerprint density at radius 3 is 2.94 bits per heavy atom. The smallest absolute Gasteiger partial charge is 0.170 e. The van der Waals surface area contributed by atoms with Gasteiger partial charge in [-0.3, -0.25) is 4.79 Å². The van der Waals surface area contributed by atoms with Gasteiger partial charge >= 0.3 is 0 Å². The third kappa shape index (κ3) is 2.98. The molecule has 0 saturated heterocycles. The first kappa shape index (κ1) is 12.4. The Kier molecular flexibility index (Phi) is 3.69. The van der Waals surface area contributed by atoms with Gasteiger partial charge in [-0.2, -0.15) is 0 Å². The fourth-order valence-electron chi connectivity index (χ4n) is 1.46. The standard InChI is InChI=1S/C12H9BrFNOS/c1-7-15-9(6-17-7)5-12(16)10-4-8(14)2-3-11(10)13/h2-4,6H,5H2,1H3. The fraction of sp³-hybridized carbons (Fsp3) is 0.167. The van der Waals surface area contributed by atoms with E-state index in [1.807, 2.05) is 12.3 Å². The molecule has 2 nitrogen and oxygen atoms in total. The molecular formula is C12H9BrFNOS. The van der Waals surface area contributed by atoms with Gasteiger partial charge in [0.1, 0.15) is 5.82 Å². The minimum Gasteiger partial charge on any atom is -0.294 e. The Morgan fingerprint density at radius 1 is 1.53 bits per heavy atom. The van der Waals surface area contributed by atoms with E-state index in [1.165, 1.54) is 29.5 Å². The molecule has 0 N–H and O–H groups in total. The maximum absolute atomic E-state index is 13.1. The molecule has 0 atom stereocenters. The molecular weight excluding hydrogens is 305 g/mol. The Bertz CT molecular complexity index is 567. The first-order chi connectivity index (χ1) is 8.06. The van der Waals surface area contributed by atoms with Crippen LogP contribution in [0.3, 0.4) is 0 Å². The van der Waals surface area contributed by atoms with Gasteiger partial charge in [0.2, 0.25) is 0 Å². The van der Waals surface area contributed by atoms with Gasteiger partial charge in [0, 0.05) is 15.4 Å². The second-order valence-electron chi connectivity index (χ2n) is 3.58. The maximum atomic E-state index is 13.1. The Hall–Kier alpha value is -1.07. The second kappa shape index (κ2) is 5.06. The Morgan fingerprint density at radius 2 is 2.29 bits per heavy atom. The zero-order valence-electron chi connectivity index (χ0n) is 9.04. The van der Waals surface area contributed by atoms with Crippen molar-refractivity contribution in [1.82, 2.24) is 4.98 Å². The van der Waals surface area contributed by atoms with Crippen molar-refractivity contribution in [2.24, 2.45) is 0 Å². The molecule has 5 heteroatoms. The number of benzene rings is 1. The molecule has 0 radical (unpaired) electrons. The van der Waals surface area contributed by atoms with Crippen molar-refractivity contribution in [3.05, 3.63) is 50.1 Å². The molecule has 88 valence electrons. The third-order valence-corrected chi connectivity index (χ3v) is 3.75. The molecule has 0 bridgehead atoms. The zero-order chi connectivity index (χ0) is 12.4. The van der Waals surface area contributed by atoms with Gasteiger partial charge in [-0.1, -0.05) is 15.9 Å². The summed E-state index contributed by atoms with van der Waals surface area (Å²) in [7, 11) is 0. The number of thiazole rings is 1. The van der Waals surface area contributed by atoms with E-state index >= 15 is 0 Å². The number of aromatic nitrogens is 1. The monoisotopic (exact) mass is 313 g/mol. The lowest BCUT2D eigenvalue weighted by molar-refractivity contribution is 0.0991. The molecule has 0 aliphatic carbocycles. The van der Waals surface area contributed by atoms with Crippen LogP contribution >= 0.6 is 27.3 Å². The SMILES string of the molecule is Cc1nc(CC(=O)c2cc(F)ccc2Br)cs1. The van der Waals surface area contributed by atoms with E-state index in [9.17, 15) is 9.18 Å². The van der Waals surface area contributed by atoms with Crippen LogP contribution in [0.1, 0.15) is 21.1 Å². The summed E-state index contributed by atoms with van der Waals surface area (Å²) in [6, 6.07) is 4.09. The number of hydrogen-bond acceptors (Lipinski definition) is 3. The van der Waals surface area contributed by atoms with Gasteiger partial charge in [0.25, 0.3) is 0 Å². The summed E-state index contributed by atoms with van der Waals surface area (Å²) < 4.78 is 13.7. The number of Topliss-reactive ketones (excluding diaryl/α,β-unsaturated/α-hetero) is 1. The van der Waals surface area contributed by atoms with Crippen LogP contribution in [0.2, 0.25) is 0 Å². The van der Waals surface area contributed by atoms with E-state index in [-0.39, 0.29) is 12.2 Å². The molecule has 0 unspecified atom stereocenters. The molecule has 0 aliphatic rings. The van der Waals surface area contributed by atoms with E-state index in [0.717, 1.165) is 10.7 Å². The molecule has 0 spiro atoms. The van der Waals surface area contributed by atoms with Gasteiger partial charge in [0.15, 0.2) is 5.78 Å². The lowest BCUT2D eigenvalue weighted by Gasteiger charge is -2.02. The van der Waals surface area contributed by atoms with Crippen LogP contribution in [0, 0.1) is 12.7 Å². The normalized spacial score (nSPS) is 10.5. The van der Waals surface area contributed by atoms with Crippen LogP contribution in [0.15, 0.2) is 28.1 Å². The zero-order valence-corrected chi connectivity index (χ0v) is 11.4. The molecule has 0 aliphatic heterocycles. The number of rotatable bonds is 3. The topological polar surface area (TPSA) is 30.0 Å². The molecule has 1 aromatic heterocycles. The van der Waals surface area contributed by atoms with Gasteiger partial charge in [-0.25, -0.2) is 9.37 Å². The largest absolute Gasteiger partial charge is 0.294 e. The second-order valence-corrected chi connectivity index (χ2v) is 5.50. The third-order valence-electron chi connectivity index (χ3n) is 2.24. The highest BCUT2D eigenvalue weighted by molar-refractivity contribution is 9.10. The number of carbonyl (C=O) groups is 1. The highest BCUT2D eigenvalue weighted by atomic mass is 79.9. The van der Waals surface area contributed by atoms with Crippen LogP contribution < -0.4 is 0 Å². The lowest BCUT2D eigenvalue weighted by Crippen LogP contribution is -2.05. The molecule has 0 amide bonds. The van der Waals surface area contributed by atoms with Crippen LogP contribution in [0.25, 0.3) is 0 Å². The summed E-state index contributed by atoms with van der Waals surface area (Å²) in [5.74, 6) is -0.548. The Balaban J connectivity index is 2.22. The van der Waals surface area contributed by atoms with Crippen LogP contribution in [0.5, 0.6) is 0 Å². The van der Waals surface area contributed by atoms with Crippen molar-refractivity contribution in [2.45, 2.75) is 13.3 Å². The van der Waals surface area contributed by atoms with Crippen molar-refractivity contribution >= 4 is 33.0 Å². The number of halogens is 2. The van der Waals surface area contributed by atoms with Crippen molar-refractivity contribution in [2.75, 3.05) is 0 Å². The van der Waals surface area contributed by atoms with Crippen LogP contribution in [-0.4, -0.2) is 10.8 Å². The summed E-state index contributed by atoms with van der Waals surface area (Å²) in [4.78, 5) is 16.2. The number of nitrogens with zero attached hydrogens (tertiary/aromatic N) is 1. The fourth-order valence-corrected chi connectivity index (χ4v) is 2.54.